The van der Waals surface area contributed by atoms with Crippen molar-refractivity contribution < 1.29 is 9.84 Å². The zero-order chi connectivity index (χ0) is 15.6. The predicted molar refractivity (Wildman–Crippen MR) is 88.0 cm³/mol. The molecule has 2 unspecified atom stereocenters. The highest BCUT2D eigenvalue weighted by atomic mass is 16.5. The summed E-state index contributed by atoms with van der Waals surface area (Å²) >= 11 is 0. The Hall–Kier alpha value is -1.84. The Morgan fingerprint density at radius 1 is 1.05 bits per heavy atom. The zero-order valence-electron chi connectivity index (χ0n) is 13.1. The summed E-state index contributed by atoms with van der Waals surface area (Å²) in [5.41, 5.74) is 1.73. The summed E-state index contributed by atoms with van der Waals surface area (Å²) in [5, 5.41) is 14.2. The SMILES string of the molecule is CC1(C)Oc2ccccc2C(NCCc2ccccc2)C1O. The van der Waals surface area contributed by atoms with Crippen molar-refractivity contribution in [2.24, 2.45) is 0 Å². The molecule has 2 N–H and O–H groups in total. The van der Waals surface area contributed by atoms with E-state index in [0.717, 1.165) is 24.3 Å². The molecule has 0 aliphatic carbocycles. The lowest BCUT2D eigenvalue weighted by Crippen LogP contribution is -2.52. The maximum Gasteiger partial charge on any atom is 0.131 e. The van der Waals surface area contributed by atoms with Crippen LogP contribution in [0.25, 0.3) is 0 Å². The number of hydrogen-bond acceptors (Lipinski definition) is 3. The Kier molecular flexibility index (Phi) is 4.19. The van der Waals surface area contributed by atoms with Gasteiger partial charge in [0, 0.05) is 5.56 Å². The summed E-state index contributed by atoms with van der Waals surface area (Å²) in [6.07, 6.45) is 0.353. The molecule has 0 spiro atoms. The molecule has 3 nitrogen and oxygen atoms in total. The van der Waals surface area contributed by atoms with Crippen LogP contribution in [-0.4, -0.2) is 23.4 Å². The van der Waals surface area contributed by atoms with Crippen LogP contribution in [-0.2, 0) is 6.42 Å². The summed E-state index contributed by atoms with van der Waals surface area (Å²) in [7, 11) is 0. The second-order valence-corrected chi connectivity index (χ2v) is 6.36. The Morgan fingerprint density at radius 2 is 1.73 bits per heavy atom. The van der Waals surface area contributed by atoms with E-state index in [0.29, 0.717) is 0 Å². The molecule has 0 fully saturated rings. The molecule has 0 amide bonds. The van der Waals surface area contributed by atoms with Gasteiger partial charge in [-0.05, 0) is 38.4 Å². The molecule has 3 heteroatoms. The van der Waals surface area contributed by atoms with Crippen molar-refractivity contribution in [3.63, 3.8) is 0 Å². The molecule has 116 valence electrons. The third kappa shape index (κ3) is 3.01. The molecule has 2 atom stereocenters. The van der Waals surface area contributed by atoms with E-state index >= 15 is 0 Å². The Balaban J connectivity index is 1.74. The van der Waals surface area contributed by atoms with Gasteiger partial charge in [0.2, 0.25) is 0 Å². The van der Waals surface area contributed by atoms with Crippen molar-refractivity contribution in [3.8, 4) is 5.75 Å². The van der Waals surface area contributed by atoms with Gasteiger partial charge in [0.1, 0.15) is 17.5 Å². The summed E-state index contributed by atoms with van der Waals surface area (Å²) in [4.78, 5) is 0. The molecule has 2 aromatic carbocycles. The van der Waals surface area contributed by atoms with Crippen LogP contribution in [0.15, 0.2) is 54.6 Å². The van der Waals surface area contributed by atoms with Gasteiger partial charge in [-0.3, -0.25) is 0 Å². The molecule has 1 aliphatic heterocycles. The average molecular weight is 297 g/mol. The van der Waals surface area contributed by atoms with Crippen molar-refractivity contribution in [2.45, 2.75) is 38.0 Å². The van der Waals surface area contributed by atoms with E-state index in [1.807, 2.05) is 44.2 Å². The number of rotatable bonds is 4. The number of hydrogen-bond donors (Lipinski definition) is 2. The van der Waals surface area contributed by atoms with Gasteiger partial charge in [-0.25, -0.2) is 0 Å². The van der Waals surface area contributed by atoms with Crippen LogP contribution in [0.1, 0.15) is 31.0 Å². The molecule has 2 aromatic rings. The van der Waals surface area contributed by atoms with Crippen molar-refractivity contribution in [2.75, 3.05) is 6.54 Å². The standard InChI is InChI=1S/C19H23NO2/c1-19(2)18(21)17(15-10-6-7-11-16(15)22-19)20-13-12-14-8-4-3-5-9-14/h3-11,17-18,20-21H,12-13H2,1-2H3. The zero-order valence-corrected chi connectivity index (χ0v) is 13.1. The molecule has 0 saturated heterocycles. The maximum absolute atomic E-state index is 10.7. The van der Waals surface area contributed by atoms with Crippen molar-refractivity contribution in [1.82, 2.24) is 5.32 Å². The molecule has 0 bridgehead atoms. The molecule has 1 heterocycles. The normalized spacial score (nSPS) is 22.7. The van der Waals surface area contributed by atoms with E-state index in [4.69, 9.17) is 4.74 Å². The minimum absolute atomic E-state index is 0.108. The molecule has 3 rings (SSSR count). The third-order valence-corrected chi connectivity index (χ3v) is 4.28. The van der Waals surface area contributed by atoms with Crippen LogP contribution in [0.5, 0.6) is 5.75 Å². The summed E-state index contributed by atoms with van der Waals surface area (Å²) < 4.78 is 5.94. The van der Waals surface area contributed by atoms with E-state index < -0.39 is 11.7 Å². The average Bonchev–Trinajstić information content (AvgIpc) is 2.52. The quantitative estimate of drug-likeness (QED) is 0.911. The fourth-order valence-electron chi connectivity index (χ4n) is 2.98. The Labute approximate surface area is 131 Å². The van der Waals surface area contributed by atoms with E-state index in [1.54, 1.807) is 0 Å². The van der Waals surface area contributed by atoms with Gasteiger partial charge in [0.25, 0.3) is 0 Å². The van der Waals surface area contributed by atoms with E-state index in [1.165, 1.54) is 5.56 Å². The lowest BCUT2D eigenvalue weighted by Gasteiger charge is -2.42. The first-order valence-electron chi connectivity index (χ1n) is 7.81. The first-order chi connectivity index (χ1) is 10.6. The molecule has 1 aliphatic rings. The maximum atomic E-state index is 10.7. The van der Waals surface area contributed by atoms with Crippen LogP contribution in [0.3, 0.4) is 0 Å². The topological polar surface area (TPSA) is 41.5 Å². The first-order valence-corrected chi connectivity index (χ1v) is 7.81. The van der Waals surface area contributed by atoms with E-state index in [2.05, 4.69) is 29.6 Å². The summed E-state index contributed by atoms with van der Waals surface area (Å²) in [6.45, 7) is 4.68. The molecular weight excluding hydrogens is 274 g/mol. The molecule has 0 aromatic heterocycles. The van der Waals surface area contributed by atoms with Crippen LogP contribution in [0.4, 0.5) is 0 Å². The molecule has 0 radical (unpaired) electrons. The number of ether oxygens (including phenoxy) is 1. The highest BCUT2D eigenvalue weighted by molar-refractivity contribution is 5.40. The van der Waals surface area contributed by atoms with Gasteiger partial charge in [0.05, 0.1) is 6.04 Å². The van der Waals surface area contributed by atoms with Gasteiger partial charge < -0.3 is 15.2 Å². The number of para-hydroxylation sites is 1. The van der Waals surface area contributed by atoms with Crippen LogP contribution in [0.2, 0.25) is 0 Å². The number of nitrogens with one attached hydrogen (secondary N) is 1. The summed E-state index contributed by atoms with van der Waals surface area (Å²) in [6, 6.07) is 18.2. The van der Waals surface area contributed by atoms with Crippen LogP contribution in [0, 0.1) is 0 Å². The van der Waals surface area contributed by atoms with Gasteiger partial charge >= 0.3 is 0 Å². The van der Waals surface area contributed by atoms with Gasteiger partial charge in [0.15, 0.2) is 0 Å². The number of aliphatic hydroxyl groups excluding tert-OH is 1. The highest BCUT2D eigenvalue weighted by Gasteiger charge is 2.42. The molecular formula is C19H23NO2. The minimum Gasteiger partial charge on any atom is -0.485 e. The van der Waals surface area contributed by atoms with Crippen molar-refractivity contribution in [3.05, 3.63) is 65.7 Å². The number of aliphatic hydroxyl groups is 1. The third-order valence-electron chi connectivity index (χ3n) is 4.28. The predicted octanol–water partition coefficient (Wildman–Crippen LogP) is 3.09. The smallest absolute Gasteiger partial charge is 0.131 e. The largest absolute Gasteiger partial charge is 0.485 e. The van der Waals surface area contributed by atoms with Crippen molar-refractivity contribution in [1.29, 1.82) is 0 Å². The van der Waals surface area contributed by atoms with Crippen LogP contribution >= 0.6 is 0 Å². The highest BCUT2D eigenvalue weighted by Crippen LogP contribution is 2.39. The fraction of sp³-hybridized carbons (Fsp3) is 0.368. The molecule has 0 saturated carbocycles. The van der Waals surface area contributed by atoms with Crippen LogP contribution < -0.4 is 10.1 Å². The molecule has 22 heavy (non-hydrogen) atoms. The van der Waals surface area contributed by atoms with Gasteiger partial charge in [-0.2, -0.15) is 0 Å². The first kappa shape index (κ1) is 15.1. The number of benzene rings is 2. The van der Waals surface area contributed by atoms with Gasteiger partial charge in [-0.15, -0.1) is 0 Å². The number of fused-ring (bicyclic) bond motifs is 1. The second-order valence-electron chi connectivity index (χ2n) is 6.36. The fourth-order valence-corrected chi connectivity index (χ4v) is 2.98. The van der Waals surface area contributed by atoms with Crippen molar-refractivity contribution >= 4 is 0 Å². The van der Waals surface area contributed by atoms with Gasteiger partial charge in [-0.1, -0.05) is 48.5 Å². The monoisotopic (exact) mass is 297 g/mol. The van der Waals surface area contributed by atoms with E-state index in [-0.39, 0.29) is 6.04 Å². The Bertz CT molecular complexity index is 624. The minimum atomic E-state index is -0.598. The second kappa shape index (κ2) is 6.11. The summed E-state index contributed by atoms with van der Waals surface area (Å²) in [5.74, 6) is 0.856. The lowest BCUT2D eigenvalue weighted by atomic mass is 9.86. The van der Waals surface area contributed by atoms with E-state index in [9.17, 15) is 5.11 Å². The lowest BCUT2D eigenvalue weighted by molar-refractivity contribution is -0.0643. The Morgan fingerprint density at radius 3 is 2.50 bits per heavy atom.